The molecule has 1 aliphatic heterocycles. The first-order valence-electron chi connectivity index (χ1n) is 10.0. The lowest BCUT2D eigenvalue weighted by Gasteiger charge is -2.26. The second-order valence-electron chi connectivity index (χ2n) is 7.12. The number of nitrogens with zero attached hydrogens (tertiary/aromatic N) is 1. The third-order valence-corrected chi connectivity index (χ3v) is 6.25. The maximum atomic E-state index is 13.0. The third kappa shape index (κ3) is 5.35. The van der Waals surface area contributed by atoms with Crippen LogP contribution in [-0.4, -0.2) is 56.6 Å². The van der Waals surface area contributed by atoms with Gasteiger partial charge in [-0.3, -0.25) is 9.59 Å². The maximum absolute atomic E-state index is 13.0. The van der Waals surface area contributed by atoms with Gasteiger partial charge in [0.15, 0.2) is 6.61 Å². The number of esters is 1. The summed E-state index contributed by atoms with van der Waals surface area (Å²) in [5, 5.41) is 2.98. The normalized spacial score (nSPS) is 13.5. The molecule has 1 saturated heterocycles. The molecule has 0 bridgehead atoms. The zero-order valence-electron chi connectivity index (χ0n) is 17.9. The molecule has 1 N–H and O–H groups in total. The van der Waals surface area contributed by atoms with Crippen LogP contribution < -0.4 is 14.8 Å². The number of benzene rings is 1. The molecule has 1 fully saturated rings. The lowest BCUT2D eigenvalue weighted by molar-refractivity contribution is -0.118. The van der Waals surface area contributed by atoms with E-state index in [0.717, 1.165) is 30.6 Å². The van der Waals surface area contributed by atoms with Crippen molar-refractivity contribution in [2.45, 2.75) is 26.2 Å². The second kappa shape index (κ2) is 10.3. The summed E-state index contributed by atoms with van der Waals surface area (Å²) in [5.74, 6) is 0.0197. The molecular weight excluding hydrogens is 420 g/mol. The monoisotopic (exact) mass is 446 g/mol. The van der Waals surface area contributed by atoms with Crippen LogP contribution in [0.5, 0.6) is 11.5 Å². The summed E-state index contributed by atoms with van der Waals surface area (Å²) in [6, 6.07) is 6.83. The molecule has 31 heavy (non-hydrogen) atoms. The van der Waals surface area contributed by atoms with Crippen molar-refractivity contribution in [1.82, 2.24) is 4.90 Å². The van der Waals surface area contributed by atoms with Crippen LogP contribution >= 0.6 is 11.3 Å². The molecule has 0 atom stereocenters. The molecule has 0 saturated carbocycles. The topological polar surface area (TPSA) is 94.2 Å². The highest BCUT2D eigenvalue weighted by molar-refractivity contribution is 7.18. The Morgan fingerprint density at radius 3 is 2.29 bits per heavy atom. The van der Waals surface area contributed by atoms with E-state index in [0.29, 0.717) is 35.0 Å². The number of methoxy groups -OCH3 is 2. The van der Waals surface area contributed by atoms with Crippen molar-refractivity contribution in [2.75, 3.05) is 39.2 Å². The summed E-state index contributed by atoms with van der Waals surface area (Å²) in [7, 11) is 2.83. The maximum Gasteiger partial charge on any atom is 0.341 e. The summed E-state index contributed by atoms with van der Waals surface area (Å²) in [6.07, 6.45) is 3.04. The predicted octanol–water partition coefficient (Wildman–Crippen LogP) is 3.50. The molecule has 0 radical (unpaired) electrons. The number of anilines is 1. The molecule has 1 aromatic heterocycles. The number of amides is 2. The van der Waals surface area contributed by atoms with E-state index in [-0.39, 0.29) is 23.1 Å². The molecule has 2 aromatic rings. The average molecular weight is 447 g/mol. The Morgan fingerprint density at radius 1 is 1.03 bits per heavy atom. The van der Waals surface area contributed by atoms with Crippen molar-refractivity contribution in [3.8, 4) is 11.5 Å². The van der Waals surface area contributed by atoms with E-state index in [1.54, 1.807) is 43.2 Å². The molecule has 3 rings (SSSR count). The van der Waals surface area contributed by atoms with E-state index in [9.17, 15) is 14.4 Å². The quantitative estimate of drug-likeness (QED) is 0.655. The standard InChI is InChI=1S/C22H26N2O6S/c1-14-18(22(27)29-3)20(31-19(14)21(26)24-11-5-4-6-12-24)23-17(25)13-30-16-9-7-15(28-2)8-10-16/h7-10H,4-6,11-13H2,1-3H3,(H,23,25). The number of carbonyl (C=O) groups excluding carboxylic acids is 3. The zero-order valence-corrected chi connectivity index (χ0v) is 18.7. The van der Waals surface area contributed by atoms with Crippen molar-refractivity contribution < 1.29 is 28.6 Å². The fraction of sp³-hybridized carbons (Fsp3) is 0.409. The van der Waals surface area contributed by atoms with E-state index in [1.165, 1.54) is 7.11 Å². The van der Waals surface area contributed by atoms with Crippen LogP contribution in [0.1, 0.15) is 44.9 Å². The fourth-order valence-corrected chi connectivity index (χ4v) is 4.56. The Balaban J connectivity index is 1.74. The Bertz CT molecular complexity index is 948. The molecule has 0 aliphatic carbocycles. The Kier molecular flexibility index (Phi) is 7.51. The number of ether oxygens (including phenoxy) is 3. The number of rotatable bonds is 7. The van der Waals surface area contributed by atoms with Gasteiger partial charge in [0.1, 0.15) is 16.5 Å². The van der Waals surface area contributed by atoms with Gasteiger partial charge >= 0.3 is 5.97 Å². The first kappa shape index (κ1) is 22.6. The molecule has 0 unspecified atom stereocenters. The van der Waals surface area contributed by atoms with Crippen LogP contribution in [0.3, 0.4) is 0 Å². The van der Waals surface area contributed by atoms with Crippen LogP contribution in [0.4, 0.5) is 5.00 Å². The van der Waals surface area contributed by atoms with Crippen LogP contribution in [0.15, 0.2) is 24.3 Å². The van der Waals surface area contributed by atoms with Crippen molar-refractivity contribution in [3.63, 3.8) is 0 Å². The largest absolute Gasteiger partial charge is 0.497 e. The number of thiophene rings is 1. The van der Waals surface area contributed by atoms with Crippen molar-refractivity contribution in [1.29, 1.82) is 0 Å². The molecule has 0 spiro atoms. The Hall–Kier alpha value is -3.07. The fourth-order valence-electron chi connectivity index (χ4n) is 3.38. The zero-order chi connectivity index (χ0) is 22.4. The molecule has 9 heteroatoms. The molecule has 2 heterocycles. The highest BCUT2D eigenvalue weighted by atomic mass is 32.1. The van der Waals surface area contributed by atoms with E-state index in [1.807, 2.05) is 0 Å². The van der Waals surface area contributed by atoms with Crippen molar-refractivity contribution in [2.24, 2.45) is 0 Å². The number of likely N-dealkylation sites (tertiary alicyclic amines) is 1. The average Bonchev–Trinajstić information content (AvgIpc) is 3.13. The van der Waals surface area contributed by atoms with Gasteiger partial charge in [0.25, 0.3) is 11.8 Å². The van der Waals surface area contributed by atoms with Gasteiger partial charge in [0.2, 0.25) is 0 Å². The van der Waals surface area contributed by atoms with E-state index < -0.39 is 11.9 Å². The smallest absolute Gasteiger partial charge is 0.341 e. The highest BCUT2D eigenvalue weighted by Crippen LogP contribution is 2.35. The number of carbonyl (C=O) groups is 3. The number of piperidine rings is 1. The minimum Gasteiger partial charge on any atom is -0.497 e. The van der Waals surface area contributed by atoms with Crippen LogP contribution in [0, 0.1) is 6.92 Å². The number of hydrogen-bond acceptors (Lipinski definition) is 7. The van der Waals surface area contributed by atoms with Crippen LogP contribution in [-0.2, 0) is 9.53 Å². The van der Waals surface area contributed by atoms with E-state index in [4.69, 9.17) is 14.2 Å². The predicted molar refractivity (Wildman–Crippen MR) is 117 cm³/mol. The first-order valence-corrected chi connectivity index (χ1v) is 10.8. The Morgan fingerprint density at radius 2 is 1.68 bits per heavy atom. The summed E-state index contributed by atoms with van der Waals surface area (Å²) in [5.41, 5.74) is 0.712. The number of hydrogen-bond donors (Lipinski definition) is 1. The molecule has 1 aromatic carbocycles. The first-order chi connectivity index (χ1) is 14.9. The molecule has 2 amide bonds. The van der Waals surface area contributed by atoms with Gasteiger partial charge in [0.05, 0.1) is 24.7 Å². The summed E-state index contributed by atoms with van der Waals surface area (Å²) in [4.78, 5) is 40.0. The minimum atomic E-state index is -0.599. The van der Waals surface area contributed by atoms with Gasteiger partial charge in [-0.05, 0) is 56.0 Å². The molecule has 8 nitrogen and oxygen atoms in total. The van der Waals surface area contributed by atoms with Crippen molar-refractivity contribution >= 4 is 34.1 Å². The summed E-state index contributed by atoms with van der Waals surface area (Å²) in [6.45, 7) is 2.84. The van der Waals surface area contributed by atoms with E-state index >= 15 is 0 Å². The van der Waals surface area contributed by atoms with Crippen LogP contribution in [0.25, 0.3) is 0 Å². The van der Waals surface area contributed by atoms with Gasteiger partial charge < -0.3 is 24.4 Å². The number of nitrogens with one attached hydrogen (secondary N) is 1. The molecule has 166 valence electrons. The SMILES string of the molecule is COC(=O)c1c(NC(=O)COc2ccc(OC)cc2)sc(C(=O)N2CCCCC2)c1C. The third-order valence-electron chi connectivity index (χ3n) is 5.06. The van der Waals surface area contributed by atoms with Gasteiger partial charge in [-0.15, -0.1) is 11.3 Å². The van der Waals surface area contributed by atoms with E-state index in [2.05, 4.69) is 5.32 Å². The van der Waals surface area contributed by atoms with Gasteiger partial charge in [-0.1, -0.05) is 0 Å². The van der Waals surface area contributed by atoms with Crippen LogP contribution in [0.2, 0.25) is 0 Å². The van der Waals surface area contributed by atoms with Crippen molar-refractivity contribution in [3.05, 3.63) is 40.3 Å². The summed E-state index contributed by atoms with van der Waals surface area (Å²) < 4.78 is 15.5. The van der Waals surface area contributed by atoms with Gasteiger partial charge in [0, 0.05) is 13.1 Å². The minimum absolute atomic E-state index is 0.123. The Labute approximate surface area is 185 Å². The van der Waals surface area contributed by atoms with Gasteiger partial charge in [-0.25, -0.2) is 4.79 Å². The lowest BCUT2D eigenvalue weighted by Crippen LogP contribution is -2.35. The highest BCUT2D eigenvalue weighted by Gasteiger charge is 2.29. The van der Waals surface area contributed by atoms with Gasteiger partial charge in [-0.2, -0.15) is 0 Å². The molecule has 1 aliphatic rings. The summed E-state index contributed by atoms with van der Waals surface area (Å²) >= 11 is 1.09. The molecular formula is C22H26N2O6S. The second-order valence-corrected chi connectivity index (χ2v) is 8.14. The lowest BCUT2D eigenvalue weighted by atomic mass is 10.1.